The Bertz CT molecular complexity index is 920. The maximum atomic E-state index is 4.45. The number of thiophene rings is 1. The summed E-state index contributed by atoms with van der Waals surface area (Å²) in [4.78, 5) is 6.65. The maximum Gasteiger partial charge on any atom is 0.191 e. The fraction of sp³-hybridized carbons (Fsp3) is 0.143. The van der Waals surface area contributed by atoms with E-state index in [0.717, 1.165) is 15.9 Å². The van der Waals surface area contributed by atoms with Gasteiger partial charge in [0.1, 0.15) is 11.2 Å². The van der Waals surface area contributed by atoms with E-state index in [1.165, 1.54) is 21.6 Å². The zero-order valence-electron chi connectivity index (χ0n) is 11.0. The SMILES string of the molecule is Cc1ccc(-c2c(C)sc3ncn4nnnc4c23)cc1. The van der Waals surface area contributed by atoms with Crippen LogP contribution in [0, 0.1) is 13.8 Å². The molecule has 4 rings (SSSR count). The summed E-state index contributed by atoms with van der Waals surface area (Å²) in [5.74, 6) is 0. The maximum absolute atomic E-state index is 4.45. The Balaban J connectivity index is 2.14. The van der Waals surface area contributed by atoms with Crippen molar-refractivity contribution in [3.63, 3.8) is 0 Å². The molecule has 0 atom stereocenters. The van der Waals surface area contributed by atoms with Crippen molar-refractivity contribution >= 4 is 27.2 Å². The molecule has 0 amide bonds. The van der Waals surface area contributed by atoms with Crippen LogP contribution in [0.1, 0.15) is 10.4 Å². The molecule has 0 bridgehead atoms. The molecule has 1 aromatic carbocycles. The highest BCUT2D eigenvalue weighted by molar-refractivity contribution is 7.19. The van der Waals surface area contributed by atoms with Gasteiger partial charge in [0.25, 0.3) is 0 Å². The van der Waals surface area contributed by atoms with Crippen LogP contribution in [0.5, 0.6) is 0 Å². The summed E-state index contributed by atoms with van der Waals surface area (Å²) in [5, 5.41) is 12.8. The second kappa shape index (κ2) is 4.08. The summed E-state index contributed by atoms with van der Waals surface area (Å²) < 4.78 is 1.62. The van der Waals surface area contributed by atoms with Crippen LogP contribution in [0.4, 0.5) is 0 Å². The highest BCUT2D eigenvalue weighted by Gasteiger charge is 2.16. The zero-order chi connectivity index (χ0) is 13.7. The second-order valence-electron chi connectivity index (χ2n) is 4.77. The number of aromatic nitrogens is 5. The molecule has 20 heavy (non-hydrogen) atoms. The Morgan fingerprint density at radius 1 is 1.10 bits per heavy atom. The van der Waals surface area contributed by atoms with E-state index in [1.54, 1.807) is 22.2 Å². The summed E-state index contributed by atoms with van der Waals surface area (Å²) in [7, 11) is 0. The Kier molecular flexibility index (Phi) is 2.34. The van der Waals surface area contributed by atoms with E-state index in [2.05, 4.69) is 58.6 Å². The molecule has 0 spiro atoms. The van der Waals surface area contributed by atoms with Gasteiger partial charge in [-0.3, -0.25) is 0 Å². The number of rotatable bonds is 1. The third-order valence-corrected chi connectivity index (χ3v) is 4.42. The monoisotopic (exact) mass is 281 g/mol. The van der Waals surface area contributed by atoms with Gasteiger partial charge in [0.05, 0.1) is 5.39 Å². The van der Waals surface area contributed by atoms with Crippen LogP contribution in [0.15, 0.2) is 30.6 Å². The van der Waals surface area contributed by atoms with Crippen LogP contribution in [0.25, 0.3) is 27.0 Å². The number of tetrazole rings is 1. The molecule has 0 aliphatic heterocycles. The van der Waals surface area contributed by atoms with E-state index in [-0.39, 0.29) is 0 Å². The minimum absolute atomic E-state index is 0.759. The molecule has 4 aromatic rings. The van der Waals surface area contributed by atoms with Gasteiger partial charge in [0.15, 0.2) is 5.65 Å². The van der Waals surface area contributed by atoms with Crippen molar-refractivity contribution in [2.45, 2.75) is 13.8 Å². The van der Waals surface area contributed by atoms with Crippen molar-refractivity contribution < 1.29 is 0 Å². The highest BCUT2D eigenvalue weighted by atomic mass is 32.1. The Labute approximate surface area is 118 Å². The van der Waals surface area contributed by atoms with Gasteiger partial charge in [0.2, 0.25) is 0 Å². The van der Waals surface area contributed by atoms with Crippen molar-refractivity contribution in [1.29, 1.82) is 0 Å². The lowest BCUT2D eigenvalue weighted by atomic mass is 10.0. The van der Waals surface area contributed by atoms with E-state index in [0.29, 0.717) is 0 Å². The van der Waals surface area contributed by atoms with Gasteiger partial charge in [0, 0.05) is 10.4 Å². The molecule has 6 heteroatoms. The van der Waals surface area contributed by atoms with Crippen molar-refractivity contribution in [3.8, 4) is 11.1 Å². The van der Waals surface area contributed by atoms with Crippen LogP contribution in [0.2, 0.25) is 0 Å². The largest absolute Gasteiger partial charge is 0.225 e. The van der Waals surface area contributed by atoms with Gasteiger partial charge in [-0.2, -0.15) is 4.52 Å². The molecule has 0 aliphatic rings. The minimum atomic E-state index is 0.759. The van der Waals surface area contributed by atoms with Crippen molar-refractivity contribution in [2.24, 2.45) is 0 Å². The Morgan fingerprint density at radius 3 is 2.70 bits per heavy atom. The first kappa shape index (κ1) is 11.5. The molecule has 98 valence electrons. The molecule has 0 saturated heterocycles. The van der Waals surface area contributed by atoms with Gasteiger partial charge >= 0.3 is 0 Å². The van der Waals surface area contributed by atoms with E-state index >= 15 is 0 Å². The van der Waals surface area contributed by atoms with Crippen LogP contribution < -0.4 is 0 Å². The van der Waals surface area contributed by atoms with Gasteiger partial charge in [-0.1, -0.05) is 29.8 Å². The molecular formula is C14H11N5S. The van der Waals surface area contributed by atoms with Crippen molar-refractivity contribution in [3.05, 3.63) is 41.0 Å². The van der Waals surface area contributed by atoms with Gasteiger partial charge < -0.3 is 0 Å². The first-order valence-corrected chi connectivity index (χ1v) is 7.08. The highest BCUT2D eigenvalue weighted by Crippen LogP contribution is 2.38. The quantitative estimate of drug-likeness (QED) is 0.538. The first-order chi connectivity index (χ1) is 9.74. The molecule has 3 heterocycles. The molecule has 0 fully saturated rings. The smallest absolute Gasteiger partial charge is 0.191 e. The summed E-state index contributed by atoms with van der Waals surface area (Å²) in [6.45, 7) is 4.20. The summed E-state index contributed by atoms with van der Waals surface area (Å²) in [6, 6.07) is 8.51. The second-order valence-corrected chi connectivity index (χ2v) is 5.97. The van der Waals surface area contributed by atoms with E-state index in [9.17, 15) is 0 Å². The van der Waals surface area contributed by atoms with E-state index in [1.807, 2.05) is 0 Å². The number of aryl methyl sites for hydroxylation is 2. The third kappa shape index (κ3) is 1.55. The lowest BCUT2D eigenvalue weighted by molar-refractivity contribution is 0.813. The average molecular weight is 281 g/mol. The average Bonchev–Trinajstić information content (AvgIpc) is 3.02. The van der Waals surface area contributed by atoms with Crippen LogP contribution in [0.3, 0.4) is 0 Å². The van der Waals surface area contributed by atoms with Crippen molar-refractivity contribution in [1.82, 2.24) is 25.0 Å². The van der Waals surface area contributed by atoms with E-state index < -0.39 is 0 Å². The first-order valence-electron chi connectivity index (χ1n) is 6.27. The minimum Gasteiger partial charge on any atom is -0.225 e. The summed E-state index contributed by atoms with van der Waals surface area (Å²) in [5.41, 5.74) is 4.36. The zero-order valence-corrected chi connectivity index (χ0v) is 11.8. The Hall–Kier alpha value is -2.34. The standard InChI is InChI=1S/C14H11N5S/c1-8-3-5-10(6-4-8)11-9(2)20-14-12(11)13-16-17-18-19(13)7-15-14/h3-7H,1-2H3. The lowest BCUT2D eigenvalue weighted by Gasteiger charge is -2.03. The topological polar surface area (TPSA) is 56.0 Å². The van der Waals surface area contributed by atoms with Gasteiger partial charge in [-0.05, 0) is 29.8 Å². The summed E-state index contributed by atoms with van der Waals surface area (Å²) in [6.07, 6.45) is 1.66. The molecule has 0 N–H and O–H groups in total. The molecule has 0 aliphatic carbocycles. The van der Waals surface area contributed by atoms with Crippen LogP contribution in [-0.4, -0.2) is 25.0 Å². The molecular weight excluding hydrogens is 270 g/mol. The third-order valence-electron chi connectivity index (χ3n) is 3.41. The molecule has 3 aromatic heterocycles. The number of hydrogen-bond acceptors (Lipinski definition) is 5. The Morgan fingerprint density at radius 2 is 1.90 bits per heavy atom. The number of nitrogens with zero attached hydrogens (tertiary/aromatic N) is 5. The molecule has 5 nitrogen and oxygen atoms in total. The fourth-order valence-corrected chi connectivity index (χ4v) is 3.45. The molecule has 0 radical (unpaired) electrons. The number of benzene rings is 1. The summed E-state index contributed by atoms with van der Waals surface area (Å²) >= 11 is 1.68. The normalized spacial score (nSPS) is 11.5. The van der Waals surface area contributed by atoms with E-state index in [4.69, 9.17) is 0 Å². The molecule has 0 saturated carbocycles. The lowest BCUT2D eigenvalue weighted by Crippen LogP contribution is -1.90. The van der Waals surface area contributed by atoms with Crippen LogP contribution >= 0.6 is 11.3 Å². The number of fused-ring (bicyclic) bond motifs is 3. The fourth-order valence-electron chi connectivity index (χ4n) is 2.44. The predicted octanol–water partition coefficient (Wildman–Crippen LogP) is 3.02. The predicted molar refractivity (Wildman–Crippen MR) is 78.9 cm³/mol. The van der Waals surface area contributed by atoms with Gasteiger partial charge in [-0.25, -0.2) is 4.98 Å². The van der Waals surface area contributed by atoms with Crippen molar-refractivity contribution in [2.75, 3.05) is 0 Å². The number of hydrogen-bond donors (Lipinski definition) is 0. The molecule has 0 unspecified atom stereocenters. The van der Waals surface area contributed by atoms with Gasteiger partial charge in [-0.15, -0.1) is 16.4 Å². The van der Waals surface area contributed by atoms with Crippen LogP contribution in [-0.2, 0) is 0 Å².